The first-order valence-electron chi connectivity index (χ1n) is 13.8. The van der Waals surface area contributed by atoms with Crippen molar-refractivity contribution in [2.45, 2.75) is 97.6 Å². The molecular weight excluding hydrogens is 469 g/mol. The number of ether oxygens (including phenoxy) is 2. The van der Waals surface area contributed by atoms with Crippen LogP contribution >= 0.6 is 0 Å². The van der Waals surface area contributed by atoms with Gasteiger partial charge in [-0.1, -0.05) is 55.0 Å². The molecular formula is C31H48FNO4. The van der Waals surface area contributed by atoms with Crippen molar-refractivity contribution < 1.29 is 23.8 Å². The monoisotopic (exact) mass is 517 g/mol. The fourth-order valence-electron chi connectivity index (χ4n) is 4.95. The van der Waals surface area contributed by atoms with Crippen molar-refractivity contribution in [1.82, 2.24) is 5.32 Å². The number of nitrogens with one attached hydrogen (secondary N) is 1. The number of halogens is 1. The largest absolute Gasteiger partial charge is 0.466 e. The summed E-state index contributed by atoms with van der Waals surface area (Å²) in [7, 11) is 0. The third-order valence-electron chi connectivity index (χ3n) is 6.95. The average molecular weight is 518 g/mol. The topological polar surface area (TPSA) is 67.8 Å². The number of β-amino-alcohol motifs (C(OH)–C–C–N with tert-alkyl or cyclic N) is 1. The SMILES string of the molecule is CCOC(=O)CC/C(C)=C/C(C)C(F)/C=C/[C@@H](C)OC[C@H](O)CNC(C)(C)CC1Cc2ccccc2C1. The molecule has 0 saturated carbocycles. The molecule has 37 heavy (non-hydrogen) atoms. The van der Waals surface area contributed by atoms with E-state index in [2.05, 4.69) is 43.4 Å². The Morgan fingerprint density at radius 1 is 1.19 bits per heavy atom. The molecule has 2 rings (SSSR count). The van der Waals surface area contributed by atoms with Gasteiger partial charge in [0.2, 0.25) is 0 Å². The second-order valence-corrected chi connectivity index (χ2v) is 11.2. The highest BCUT2D eigenvalue weighted by molar-refractivity contribution is 5.69. The molecule has 0 fully saturated rings. The minimum Gasteiger partial charge on any atom is -0.466 e. The Labute approximate surface area is 223 Å². The summed E-state index contributed by atoms with van der Waals surface area (Å²) < 4.78 is 25.3. The number of fused-ring (bicyclic) bond motifs is 1. The van der Waals surface area contributed by atoms with E-state index in [1.54, 1.807) is 13.0 Å². The molecule has 0 saturated heterocycles. The zero-order valence-corrected chi connectivity index (χ0v) is 23.6. The number of alkyl halides is 1. The van der Waals surface area contributed by atoms with Gasteiger partial charge in [0.25, 0.3) is 0 Å². The van der Waals surface area contributed by atoms with Crippen LogP contribution in [0.15, 0.2) is 48.1 Å². The number of carbonyl (C=O) groups is 1. The second-order valence-electron chi connectivity index (χ2n) is 11.2. The lowest BCUT2D eigenvalue weighted by Crippen LogP contribution is -2.45. The third kappa shape index (κ3) is 11.9. The molecule has 5 nitrogen and oxygen atoms in total. The fourth-order valence-corrected chi connectivity index (χ4v) is 4.95. The summed E-state index contributed by atoms with van der Waals surface area (Å²) in [5, 5.41) is 13.9. The average Bonchev–Trinajstić information content (AvgIpc) is 3.25. The van der Waals surface area contributed by atoms with E-state index in [1.165, 1.54) is 17.2 Å². The third-order valence-corrected chi connectivity index (χ3v) is 6.95. The number of aliphatic hydroxyl groups excluding tert-OH is 1. The molecule has 6 heteroatoms. The molecule has 0 radical (unpaired) electrons. The van der Waals surface area contributed by atoms with E-state index in [0.29, 0.717) is 31.9 Å². The molecule has 1 aromatic rings. The summed E-state index contributed by atoms with van der Waals surface area (Å²) in [4.78, 5) is 11.5. The van der Waals surface area contributed by atoms with E-state index in [4.69, 9.17) is 9.47 Å². The van der Waals surface area contributed by atoms with E-state index < -0.39 is 12.3 Å². The molecule has 2 unspecified atom stereocenters. The van der Waals surface area contributed by atoms with Crippen LogP contribution in [0.5, 0.6) is 0 Å². The number of aliphatic hydroxyl groups is 1. The predicted octanol–water partition coefficient (Wildman–Crippen LogP) is 5.75. The summed E-state index contributed by atoms with van der Waals surface area (Å²) >= 11 is 0. The Balaban J connectivity index is 1.66. The lowest BCUT2D eigenvalue weighted by atomic mass is 9.88. The molecule has 0 bridgehead atoms. The van der Waals surface area contributed by atoms with Crippen LogP contribution in [0.25, 0.3) is 0 Å². The zero-order valence-electron chi connectivity index (χ0n) is 23.6. The van der Waals surface area contributed by atoms with Crippen LogP contribution in [0.3, 0.4) is 0 Å². The summed E-state index contributed by atoms with van der Waals surface area (Å²) in [6.07, 6.45) is 7.13. The molecule has 1 aliphatic rings. The number of hydrogen-bond acceptors (Lipinski definition) is 5. The molecule has 2 N–H and O–H groups in total. The van der Waals surface area contributed by atoms with Crippen molar-refractivity contribution in [3.63, 3.8) is 0 Å². The molecule has 0 aliphatic heterocycles. The number of benzene rings is 1. The molecule has 0 amide bonds. The smallest absolute Gasteiger partial charge is 0.306 e. The van der Waals surface area contributed by atoms with Gasteiger partial charge in [0.15, 0.2) is 0 Å². The van der Waals surface area contributed by atoms with E-state index in [9.17, 15) is 14.3 Å². The Morgan fingerprint density at radius 3 is 2.46 bits per heavy atom. The van der Waals surface area contributed by atoms with Gasteiger partial charge < -0.3 is 19.9 Å². The normalized spacial score (nSPS) is 18.0. The van der Waals surface area contributed by atoms with Gasteiger partial charge >= 0.3 is 5.97 Å². The number of hydrogen-bond donors (Lipinski definition) is 2. The second kappa shape index (κ2) is 15.4. The summed E-state index contributed by atoms with van der Waals surface area (Å²) in [5.74, 6) is 0.0762. The van der Waals surface area contributed by atoms with E-state index in [-0.39, 0.29) is 30.1 Å². The lowest BCUT2D eigenvalue weighted by Gasteiger charge is -2.30. The van der Waals surface area contributed by atoms with Crippen LogP contribution in [0.4, 0.5) is 4.39 Å². The van der Waals surface area contributed by atoms with Crippen molar-refractivity contribution in [3.8, 4) is 0 Å². The van der Waals surface area contributed by atoms with Crippen LogP contribution in [-0.4, -0.2) is 54.8 Å². The van der Waals surface area contributed by atoms with Crippen LogP contribution in [0, 0.1) is 11.8 Å². The number of rotatable bonds is 16. The molecule has 0 spiro atoms. The Kier molecular flexibility index (Phi) is 13.0. The molecule has 0 heterocycles. The molecule has 0 aromatic heterocycles. The summed E-state index contributed by atoms with van der Waals surface area (Å²) in [6.45, 7) is 12.7. The van der Waals surface area contributed by atoms with Crippen LogP contribution in [-0.2, 0) is 27.1 Å². The van der Waals surface area contributed by atoms with Crippen molar-refractivity contribution in [2.24, 2.45) is 11.8 Å². The van der Waals surface area contributed by atoms with Gasteiger partial charge in [-0.3, -0.25) is 4.79 Å². The highest BCUT2D eigenvalue weighted by Gasteiger charge is 2.28. The predicted molar refractivity (Wildman–Crippen MR) is 148 cm³/mol. The first kappa shape index (κ1) is 31.2. The maximum absolute atomic E-state index is 14.6. The lowest BCUT2D eigenvalue weighted by molar-refractivity contribution is -0.143. The van der Waals surface area contributed by atoms with Crippen molar-refractivity contribution in [2.75, 3.05) is 19.8 Å². The summed E-state index contributed by atoms with van der Waals surface area (Å²) in [6, 6.07) is 8.68. The van der Waals surface area contributed by atoms with Gasteiger partial charge in [-0.15, -0.1) is 0 Å². The van der Waals surface area contributed by atoms with Gasteiger partial charge in [-0.2, -0.15) is 0 Å². The van der Waals surface area contributed by atoms with E-state index in [0.717, 1.165) is 24.8 Å². The minimum absolute atomic E-state index is 0.0846. The standard InChI is InChI=1S/C31H48FNO4/c1-7-36-30(35)15-12-22(2)16-23(3)29(32)14-13-24(4)37-21-28(34)20-33-31(5,6)19-25-17-26-10-8-9-11-27(26)18-25/h8-11,13-14,16,23-25,28-29,33-34H,7,12,15,17-21H2,1-6H3/b14-13+,22-16+/t23?,24-,28-,29?/m1/s1. The van der Waals surface area contributed by atoms with Gasteiger partial charge in [0.05, 0.1) is 25.4 Å². The number of allylic oxidation sites excluding steroid dienone is 3. The minimum atomic E-state index is -1.15. The maximum Gasteiger partial charge on any atom is 0.306 e. The first-order valence-corrected chi connectivity index (χ1v) is 13.8. The first-order chi connectivity index (χ1) is 17.5. The van der Waals surface area contributed by atoms with Gasteiger partial charge in [-0.25, -0.2) is 4.39 Å². The highest BCUT2D eigenvalue weighted by atomic mass is 19.1. The molecule has 208 valence electrons. The van der Waals surface area contributed by atoms with Gasteiger partial charge in [0.1, 0.15) is 6.17 Å². The molecule has 1 aliphatic carbocycles. The fraction of sp³-hybridized carbons (Fsp3) is 0.645. The van der Waals surface area contributed by atoms with Crippen molar-refractivity contribution in [1.29, 1.82) is 0 Å². The Morgan fingerprint density at radius 2 is 1.84 bits per heavy atom. The van der Waals surface area contributed by atoms with Crippen LogP contribution < -0.4 is 5.32 Å². The molecule has 1 aromatic carbocycles. The van der Waals surface area contributed by atoms with Gasteiger partial charge in [-0.05, 0) is 77.3 Å². The number of carbonyl (C=O) groups excluding carboxylic acids is 1. The van der Waals surface area contributed by atoms with Crippen LogP contribution in [0.1, 0.15) is 71.9 Å². The highest BCUT2D eigenvalue weighted by Crippen LogP contribution is 2.31. The van der Waals surface area contributed by atoms with E-state index in [1.807, 2.05) is 26.8 Å². The van der Waals surface area contributed by atoms with Crippen LogP contribution in [0.2, 0.25) is 0 Å². The quantitative estimate of drug-likeness (QED) is 0.216. The van der Waals surface area contributed by atoms with Crippen molar-refractivity contribution >= 4 is 5.97 Å². The van der Waals surface area contributed by atoms with Crippen molar-refractivity contribution in [3.05, 3.63) is 59.2 Å². The maximum atomic E-state index is 14.6. The van der Waals surface area contributed by atoms with Gasteiger partial charge in [0, 0.05) is 24.4 Å². The molecule has 4 atom stereocenters. The summed E-state index contributed by atoms with van der Waals surface area (Å²) in [5.41, 5.74) is 3.81. The Hall–Kier alpha value is -2.02. The van der Waals surface area contributed by atoms with E-state index >= 15 is 0 Å². The zero-order chi connectivity index (χ0) is 27.4. The number of esters is 1. The Bertz CT molecular complexity index is 872.